The standard InChI is InChI=1S/C44H50Si.2CH3.Hf/c1-5-7-9-15-27-45(28-16-10-8-6-2,37-29-35-21-17-25-41(43(35)31-37)39-23-13-11-19-33(39)3)38-30-36-22-18-26-42(44(36)32-38)40-24-14-12-20-34(40)4;;;/h11-14,17-26,29-32H,5-10,15-16,27-28H2,1-4H3;2*1H3;/q-2;2*-1;+4. The maximum Gasteiger partial charge on any atom is 4.00 e. The molecule has 6 aromatic carbocycles. The van der Waals surface area contributed by atoms with Crippen molar-refractivity contribution in [2.24, 2.45) is 0 Å². The molecule has 0 heterocycles. The summed E-state index contributed by atoms with van der Waals surface area (Å²) in [6.45, 7) is 9.17. The van der Waals surface area contributed by atoms with Gasteiger partial charge in [-0.3, -0.25) is 0 Å². The molecule has 0 atom stereocenters. The summed E-state index contributed by atoms with van der Waals surface area (Å²) in [4.78, 5) is 0. The van der Waals surface area contributed by atoms with Gasteiger partial charge in [-0.25, -0.2) is 0 Å². The Hall–Kier alpha value is -2.81. The van der Waals surface area contributed by atoms with Crippen molar-refractivity contribution in [3.63, 3.8) is 0 Å². The molecule has 48 heavy (non-hydrogen) atoms. The van der Waals surface area contributed by atoms with Crippen molar-refractivity contribution in [3.8, 4) is 22.3 Å². The number of aryl methyl sites for hydroxylation is 2. The molecule has 2 heteroatoms. The Balaban J connectivity index is 0.00000208. The molecule has 0 aliphatic rings. The zero-order valence-electron chi connectivity index (χ0n) is 30.5. The van der Waals surface area contributed by atoms with E-state index in [-0.39, 0.29) is 40.7 Å². The molecule has 248 valence electrons. The van der Waals surface area contributed by atoms with Crippen LogP contribution in [0.4, 0.5) is 0 Å². The molecule has 0 saturated heterocycles. The predicted octanol–water partition coefficient (Wildman–Crippen LogP) is 13.0. The molecule has 0 spiro atoms. The van der Waals surface area contributed by atoms with Gasteiger partial charge in [0, 0.05) is 0 Å². The molecule has 0 aromatic heterocycles. The van der Waals surface area contributed by atoms with Gasteiger partial charge in [0.25, 0.3) is 0 Å². The van der Waals surface area contributed by atoms with Crippen LogP contribution >= 0.6 is 0 Å². The second kappa shape index (κ2) is 18.3. The molecule has 0 aliphatic carbocycles. The minimum Gasteiger partial charge on any atom is -0.358 e. The first-order valence-corrected chi connectivity index (χ1v) is 20.0. The van der Waals surface area contributed by atoms with Crippen molar-refractivity contribution < 1.29 is 25.8 Å². The average Bonchev–Trinajstić information content (AvgIpc) is 3.70. The third-order valence-corrected chi connectivity index (χ3v) is 15.6. The fourth-order valence-electron chi connectivity index (χ4n) is 7.82. The molecular formula is C46H56HfSi. The van der Waals surface area contributed by atoms with Gasteiger partial charge in [-0.2, -0.15) is 12.1 Å². The molecule has 0 bridgehead atoms. The molecule has 0 fully saturated rings. The van der Waals surface area contributed by atoms with E-state index in [1.165, 1.54) is 118 Å². The van der Waals surface area contributed by atoms with Crippen LogP contribution in [0, 0.1) is 28.7 Å². The first-order chi connectivity index (χ1) is 22.1. The van der Waals surface area contributed by atoms with Gasteiger partial charge < -0.3 is 14.9 Å². The minimum absolute atomic E-state index is 0. The van der Waals surface area contributed by atoms with Crippen molar-refractivity contribution in [2.45, 2.75) is 91.1 Å². The summed E-state index contributed by atoms with van der Waals surface area (Å²) >= 11 is 0. The van der Waals surface area contributed by atoms with Gasteiger partial charge in [0.2, 0.25) is 0 Å². The third kappa shape index (κ3) is 8.14. The Bertz CT molecular complexity index is 1730. The number of hydrogen-bond acceptors (Lipinski definition) is 0. The van der Waals surface area contributed by atoms with Gasteiger partial charge in [-0.1, -0.05) is 149 Å². The summed E-state index contributed by atoms with van der Waals surface area (Å²) < 4.78 is 0. The first kappa shape index (κ1) is 39.6. The largest absolute Gasteiger partial charge is 4.00 e. The van der Waals surface area contributed by atoms with Crippen LogP contribution in [0.25, 0.3) is 43.8 Å². The van der Waals surface area contributed by atoms with E-state index in [4.69, 9.17) is 0 Å². The summed E-state index contributed by atoms with van der Waals surface area (Å²) in [5.41, 5.74) is 8.18. The van der Waals surface area contributed by atoms with E-state index < -0.39 is 8.07 Å². The van der Waals surface area contributed by atoms with Crippen LogP contribution in [0.15, 0.2) is 109 Å². The van der Waals surface area contributed by atoms with Crippen molar-refractivity contribution in [1.82, 2.24) is 0 Å². The fourth-order valence-corrected chi connectivity index (χ4v) is 13.0. The topological polar surface area (TPSA) is 0 Å². The van der Waals surface area contributed by atoms with Crippen LogP contribution in [-0.2, 0) is 25.8 Å². The molecule has 0 radical (unpaired) electrons. The molecule has 0 N–H and O–H groups in total. The van der Waals surface area contributed by atoms with Gasteiger partial charge in [0.05, 0.1) is 8.07 Å². The predicted molar refractivity (Wildman–Crippen MR) is 215 cm³/mol. The maximum absolute atomic E-state index is 2.64. The van der Waals surface area contributed by atoms with Crippen LogP contribution in [0.5, 0.6) is 0 Å². The van der Waals surface area contributed by atoms with Gasteiger partial charge in [0.1, 0.15) is 0 Å². The quantitative estimate of drug-likeness (QED) is 0.0584. The van der Waals surface area contributed by atoms with Crippen LogP contribution in [0.3, 0.4) is 0 Å². The van der Waals surface area contributed by atoms with Crippen molar-refractivity contribution >= 4 is 40.0 Å². The van der Waals surface area contributed by atoms with Gasteiger partial charge in [-0.05, 0) is 36.1 Å². The summed E-state index contributed by atoms with van der Waals surface area (Å²) in [7, 11) is -2.09. The van der Waals surface area contributed by atoms with E-state index in [9.17, 15) is 0 Å². The summed E-state index contributed by atoms with van der Waals surface area (Å²) in [5.74, 6) is 0. The molecule has 6 rings (SSSR count). The fraction of sp³-hybridized carbons (Fsp3) is 0.304. The number of fused-ring (bicyclic) bond motifs is 2. The van der Waals surface area contributed by atoms with E-state index in [2.05, 4.69) is 137 Å². The van der Waals surface area contributed by atoms with Crippen LogP contribution < -0.4 is 10.4 Å². The average molecular weight is 816 g/mol. The number of benzene rings is 4. The number of rotatable bonds is 14. The molecule has 0 aliphatic heterocycles. The minimum atomic E-state index is -2.09. The van der Waals surface area contributed by atoms with E-state index >= 15 is 0 Å². The SMILES string of the molecule is CCCCCC[Si](CCCCCC)(c1cc2c(-c3ccccc3C)cccc2[cH-]1)c1cc2c(-c3ccccc3C)cccc2[cH-]1.[CH3-].[CH3-].[Hf+4]. The Kier molecular flexibility index (Phi) is 15.1. The monoisotopic (exact) mass is 816 g/mol. The zero-order chi connectivity index (χ0) is 31.2. The smallest absolute Gasteiger partial charge is 0.358 e. The molecule has 0 nitrogen and oxygen atoms in total. The van der Waals surface area contributed by atoms with Crippen molar-refractivity contribution in [1.29, 1.82) is 0 Å². The molecular weight excluding hydrogens is 759 g/mol. The van der Waals surface area contributed by atoms with Gasteiger partial charge in [0.15, 0.2) is 0 Å². The second-order valence-electron chi connectivity index (χ2n) is 13.4. The zero-order valence-corrected chi connectivity index (χ0v) is 35.1. The normalized spacial score (nSPS) is 11.2. The van der Waals surface area contributed by atoms with Crippen LogP contribution in [-0.4, -0.2) is 8.07 Å². The number of hydrogen-bond donors (Lipinski definition) is 0. The first-order valence-electron chi connectivity index (χ1n) is 17.6. The van der Waals surface area contributed by atoms with Crippen molar-refractivity contribution in [2.75, 3.05) is 0 Å². The van der Waals surface area contributed by atoms with Crippen molar-refractivity contribution in [3.05, 3.63) is 135 Å². The van der Waals surface area contributed by atoms with E-state index in [0.717, 1.165) is 0 Å². The van der Waals surface area contributed by atoms with Crippen LogP contribution in [0.2, 0.25) is 12.1 Å². The van der Waals surface area contributed by atoms with E-state index in [1.54, 1.807) is 10.4 Å². The Labute approximate surface area is 312 Å². The summed E-state index contributed by atoms with van der Waals surface area (Å²) in [5, 5.41) is 8.97. The Morgan fingerprint density at radius 2 is 0.875 bits per heavy atom. The second-order valence-corrected chi connectivity index (χ2v) is 17.8. The summed E-state index contributed by atoms with van der Waals surface area (Å²) in [6.07, 6.45) is 10.6. The third-order valence-electron chi connectivity index (χ3n) is 10.4. The summed E-state index contributed by atoms with van der Waals surface area (Å²) in [6, 6.07) is 44.9. The Morgan fingerprint density at radius 3 is 1.27 bits per heavy atom. The molecule has 6 aromatic rings. The van der Waals surface area contributed by atoms with E-state index in [0.29, 0.717) is 0 Å². The molecule has 0 unspecified atom stereocenters. The maximum atomic E-state index is 2.64. The number of unbranched alkanes of at least 4 members (excludes halogenated alkanes) is 6. The molecule has 0 saturated carbocycles. The van der Waals surface area contributed by atoms with Crippen LogP contribution in [0.1, 0.15) is 76.3 Å². The Morgan fingerprint density at radius 1 is 0.479 bits per heavy atom. The molecule has 0 amide bonds. The van der Waals surface area contributed by atoms with Gasteiger partial charge >= 0.3 is 25.8 Å². The van der Waals surface area contributed by atoms with Gasteiger partial charge in [-0.15, -0.1) is 68.3 Å². The van der Waals surface area contributed by atoms with E-state index in [1.807, 2.05) is 0 Å².